The lowest BCUT2D eigenvalue weighted by atomic mass is 10.2. The van der Waals surface area contributed by atoms with Gasteiger partial charge in [0.1, 0.15) is 5.82 Å². The second kappa shape index (κ2) is 7.34. The molecule has 5 rings (SSSR count). The van der Waals surface area contributed by atoms with Gasteiger partial charge in [0.05, 0.1) is 13.2 Å². The molecular formula is C21H24N4S2. The van der Waals surface area contributed by atoms with E-state index in [4.69, 9.17) is 17.3 Å². The fourth-order valence-electron chi connectivity index (χ4n) is 4.08. The lowest BCUT2D eigenvalue weighted by Crippen LogP contribution is -2.26. The van der Waals surface area contributed by atoms with Crippen molar-refractivity contribution in [1.82, 2.24) is 19.2 Å². The molecule has 1 aliphatic heterocycles. The Morgan fingerprint density at radius 3 is 2.67 bits per heavy atom. The summed E-state index contributed by atoms with van der Waals surface area (Å²) in [5.74, 6) is 1.76. The number of hydrogen-bond acceptors (Lipinski definition) is 4. The van der Waals surface area contributed by atoms with E-state index in [1.807, 2.05) is 11.3 Å². The van der Waals surface area contributed by atoms with Gasteiger partial charge in [0.25, 0.3) is 0 Å². The number of rotatable bonds is 6. The van der Waals surface area contributed by atoms with Crippen LogP contribution in [0.3, 0.4) is 0 Å². The van der Waals surface area contributed by atoms with Gasteiger partial charge in [-0.15, -0.1) is 11.3 Å². The standard InChI is InChI=1S/C21H24N4S2/c26-21-24(14-16-6-2-1-3-7-16)20(17-10-11-17)22-25(21)15-23-12-4-8-18(23)19-9-5-13-27-19/h1-3,5-7,9,13,17-18H,4,8,10-12,14-15H2/t18-/m1/s1. The predicted octanol–water partition coefficient (Wildman–Crippen LogP) is 5.20. The van der Waals surface area contributed by atoms with E-state index >= 15 is 0 Å². The van der Waals surface area contributed by atoms with Gasteiger partial charge in [-0.3, -0.25) is 9.47 Å². The van der Waals surface area contributed by atoms with Crippen LogP contribution in [0.25, 0.3) is 0 Å². The summed E-state index contributed by atoms with van der Waals surface area (Å²) >= 11 is 7.73. The van der Waals surface area contributed by atoms with Gasteiger partial charge >= 0.3 is 0 Å². The average Bonchev–Trinajstić information content (AvgIpc) is 3.07. The molecule has 4 nitrogen and oxygen atoms in total. The molecule has 1 saturated carbocycles. The SMILES string of the molecule is S=c1n(CN2CCC[C@@H]2c2cccs2)nc(C2CC2)n1Cc1ccccc1. The topological polar surface area (TPSA) is 26.0 Å². The molecule has 27 heavy (non-hydrogen) atoms. The van der Waals surface area contributed by atoms with Crippen LogP contribution in [0, 0.1) is 4.77 Å². The van der Waals surface area contributed by atoms with Crippen LogP contribution in [0.1, 0.15) is 53.9 Å². The summed E-state index contributed by atoms with van der Waals surface area (Å²) in [6.45, 7) is 2.73. The monoisotopic (exact) mass is 396 g/mol. The molecule has 0 N–H and O–H groups in total. The van der Waals surface area contributed by atoms with E-state index in [9.17, 15) is 0 Å². The Balaban J connectivity index is 1.43. The Morgan fingerprint density at radius 2 is 1.93 bits per heavy atom. The van der Waals surface area contributed by atoms with Crippen LogP contribution in [-0.4, -0.2) is 25.8 Å². The fourth-order valence-corrected chi connectivity index (χ4v) is 5.23. The fraction of sp³-hybridized carbons (Fsp3) is 0.429. The molecule has 0 amide bonds. The minimum absolute atomic E-state index is 0.510. The maximum atomic E-state index is 5.87. The van der Waals surface area contributed by atoms with Crippen LogP contribution < -0.4 is 0 Å². The Morgan fingerprint density at radius 1 is 1.07 bits per heavy atom. The summed E-state index contributed by atoms with van der Waals surface area (Å²) in [5.41, 5.74) is 1.28. The molecule has 0 bridgehead atoms. The van der Waals surface area contributed by atoms with Crippen LogP contribution in [0.4, 0.5) is 0 Å². The molecule has 2 fully saturated rings. The highest BCUT2D eigenvalue weighted by atomic mass is 32.1. The molecule has 1 aliphatic carbocycles. The van der Waals surface area contributed by atoms with E-state index < -0.39 is 0 Å². The second-order valence-corrected chi connectivity index (χ2v) is 8.96. The lowest BCUT2D eigenvalue weighted by molar-refractivity contribution is 0.191. The largest absolute Gasteiger partial charge is 0.299 e. The minimum atomic E-state index is 0.510. The van der Waals surface area contributed by atoms with Crippen LogP contribution in [0.15, 0.2) is 47.8 Å². The zero-order chi connectivity index (χ0) is 18.2. The van der Waals surface area contributed by atoms with Crippen LogP contribution in [0.2, 0.25) is 0 Å². The number of likely N-dealkylation sites (tertiary alicyclic amines) is 1. The zero-order valence-electron chi connectivity index (χ0n) is 15.3. The van der Waals surface area contributed by atoms with Crippen molar-refractivity contribution in [2.75, 3.05) is 6.54 Å². The summed E-state index contributed by atoms with van der Waals surface area (Å²) in [4.78, 5) is 4.00. The second-order valence-electron chi connectivity index (χ2n) is 7.61. The van der Waals surface area contributed by atoms with Crippen molar-refractivity contribution in [3.05, 3.63) is 68.9 Å². The summed E-state index contributed by atoms with van der Waals surface area (Å²) < 4.78 is 5.19. The van der Waals surface area contributed by atoms with E-state index in [0.717, 1.165) is 24.5 Å². The van der Waals surface area contributed by atoms with Gasteiger partial charge < -0.3 is 0 Å². The highest BCUT2D eigenvalue weighted by Crippen LogP contribution is 2.40. The van der Waals surface area contributed by atoms with E-state index in [-0.39, 0.29) is 0 Å². The summed E-state index contributed by atoms with van der Waals surface area (Å²) in [6, 6.07) is 15.5. The van der Waals surface area contributed by atoms with Gasteiger partial charge in [-0.25, -0.2) is 4.68 Å². The molecule has 3 aromatic rings. The minimum Gasteiger partial charge on any atom is -0.299 e. The first-order chi connectivity index (χ1) is 13.3. The van der Waals surface area contributed by atoms with Gasteiger partial charge in [0, 0.05) is 23.4 Å². The molecule has 0 spiro atoms. The lowest BCUT2D eigenvalue weighted by Gasteiger charge is -2.23. The normalized spacial score (nSPS) is 20.4. The van der Waals surface area contributed by atoms with Crippen molar-refractivity contribution >= 4 is 23.6 Å². The predicted molar refractivity (Wildman–Crippen MR) is 112 cm³/mol. The van der Waals surface area contributed by atoms with Crippen LogP contribution >= 0.6 is 23.6 Å². The molecule has 6 heteroatoms. The van der Waals surface area contributed by atoms with Gasteiger partial charge in [0.2, 0.25) is 0 Å². The molecule has 0 unspecified atom stereocenters. The highest BCUT2D eigenvalue weighted by molar-refractivity contribution is 7.71. The third kappa shape index (κ3) is 3.53. The Bertz CT molecular complexity index is 954. The van der Waals surface area contributed by atoms with E-state index in [1.54, 1.807) is 0 Å². The van der Waals surface area contributed by atoms with Gasteiger partial charge in [0.15, 0.2) is 4.77 Å². The number of benzene rings is 1. The first-order valence-electron chi connectivity index (χ1n) is 9.78. The van der Waals surface area contributed by atoms with Crippen molar-refractivity contribution in [3.63, 3.8) is 0 Å². The number of aromatic nitrogens is 3. The summed E-state index contributed by atoms with van der Waals surface area (Å²) in [6.07, 6.45) is 4.95. The Labute approximate surface area is 169 Å². The number of hydrogen-bond donors (Lipinski definition) is 0. The molecule has 140 valence electrons. The van der Waals surface area contributed by atoms with Crippen LogP contribution in [-0.2, 0) is 13.2 Å². The summed E-state index contributed by atoms with van der Waals surface area (Å²) in [5, 5.41) is 7.16. The molecule has 0 radical (unpaired) electrons. The van der Waals surface area contributed by atoms with Gasteiger partial charge in [-0.1, -0.05) is 36.4 Å². The first-order valence-corrected chi connectivity index (χ1v) is 11.1. The third-order valence-corrected chi connectivity index (χ3v) is 7.03. The Hall–Kier alpha value is -1.76. The quantitative estimate of drug-likeness (QED) is 0.536. The van der Waals surface area contributed by atoms with Crippen molar-refractivity contribution in [2.45, 2.75) is 50.9 Å². The van der Waals surface area contributed by atoms with Crippen molar-refractivity contribution in [2.24, 2.45) is 0 Å². The zero-order valence-corrected chi connectivity index (χ0v) is 17.0. The molecule has 1 aromatic carbocycles. The van der Waals surface area contributed by atoms with E-state index in [1.165, 1.54) is 41.9 Å². The maximum Gasteiger partial charge on any atom is 0.199 e. The van der Waals surface area contributed by atoms with E-state index in [2.05, 4.69) is 62.0 Å². The van der Waals surface area contributed by atoms with Gasteiger partial charge in [-0.2, -0.15) is 5.10 Å². The average molecular weight is 397 g/mol. The molecule has 2 aliphatic rings. The van der Waals surface area contributed by atoms with Crippen molar-refractivity contribution in [1.29, 1.82) is 0 Å². The maximum absolute atomic E-state index is 5.87. The van der Waals surface area contributed by atoms with Crippen molar-refractivity contribution in [3.8, 4) is 0 Å². The third-order valence-electron chi connectivity index (χ3n) is 5.63. The first kappa shape index (κ1) is 17.3. The number of nitrogens with zero attached hydrogens (tertiary/aromatic N) is 4. The van der Waals surface area contributed by atoms with Crippen molar-refractivity contribution < 1.29 is 0 Å². The summed E-state index contributed by atoms with van der Waals surface area (Å²) in [7, 11) is 0. The molecule has 1 saturated heterocycles. The molecule has 2 aromatic heterocycles. The number of thiophene rings is 1. The highest BCUT2D eigenvalue weighted by Gasteiger charge is 2.32. The van der Waals surface area contributed by atoms with E-state index in [0.29, 0.717) is 12.0 Å². The van der Waals surface area contributed by atoms with Gasteiger partial charge in [-0.05, 0) is 54.9 Å². The molecule has 3 heterocycles. The molecule has 1 atom stereocenters. The Kier molecular flexibility index (Phi) is 4.71. The molecular weight excluding hydrogens is 372 g/mol. The van der Waals surface area contributed by atoms with Crippen LogP contribution in [0.5, 0.6) is 0 Å². The smallest absolute Gasteiger partial charge is 0.199 e.